The van der Waals surface area contributed by atoms with Gasteiger partial charge in [-0.05, 0) is 62.6 Å². The third-order valence-corrected chi connectivity index (χ3v) is 5.49. The van der Waals surface area contributed by atoms with Crippen molar-refractivity contribution in [3.05, 3.63) is 70.8 Å². The summed E-state index contributed by atoms with van der Waals surface area (Å²) in [6.45, 7) is 3.91. The second-order valence-corrected chi connectivity index (χ2v) is 7.69. The van der Waals surface area contributed by atoms with Crippen molar-refractivity contribution in [1.29, 1.82) is 0 Å². The fourth-order valence-corrected chi connectivity index (χ4v) is 3.62. The molecule has 0 radical (unpaired) electrons. The van der Waals surface area contributed by atoms with E-state index in [2.05, 4.69) is 24.1 Å². The molecular formula is C25H28N2O2. The van der Waals surface area contributed by atoms with Crippen LogP contribution in [0.5, 0.6) is 0 Å². The lowest BCUT2D eigenvalue weighted by Gasteiger charge is -2.25. The minimum Gasteiger partial charge on any atom is -0.353 e. The van der Waals surface area contributed by atoms with E-state index in [4.69, 9.17) is 0 Å². The predicted octanol–water partition coefficient (Wildman–Crippen LogP) is 3.91. The van der Waals surface area contributed by atoms with Gasteiger partial charge in [-0.25, -0.2) is 0 Å². The molecule has 0 spiro atoms. The normalized spacial score (nSPS) is 17.9. The summed E-state index contributed by atoms with van der Waals surface area (Å²) in [5.41, 5.74) is 3.73. The molecule has 1 N–H and O–H groups in total. The molecule has 29 heavy (non-hydrogen) atoms. The van der Waals surface area contributed by atoms with E-state index in [0.717, 1.165) is 30.4 Å². The summed E-state index contributed by atoms with van der Waals surface area (Å²) in [5.74, 6) is 6.38. The Morgan fingerprint density at radius 2 is 1.59 bits per heavy atom. The molecule has 2 aromatic rings. The van der Waals surface area contributed by atoms with E-state index in [0.29, 0.717) is 12.0 Å². The molecule has 1 saturated carbocycles. The maximum atomic E-state index is 12.8. The van der Waals surface area contributed by atoms with E-state index < -0.39 is 0 Å². The Morgan fingerprint density at radius 1 is 1.00 bits per heavy atom. The summed E-state index contributed by atoms with van der Waals surface area (Å²) >= 11 is 0. The van der Waals surface area contributed by atoms with Gasteiger partial charge in [0.15, 0.2) is 0 Å². The fourth-order valence-electron chi connectivity index (χ4n) is 3.62. The monoisotopic (exact) mass is 388 g/mol. The van der Waals surface area contributed by atoms with Crippen molar-refractivity contribution in [1.82, 2.24) is 10.2 Å². The van der Waals surface area contributed by atoms with Gasteiger partial charge in [0.25, 0.3) is 5.91 Å². The van der Waals surface area contributed by atoms with Gasteiger partial charge in [-0.15, -0.1) is 0 Å². The van der Waals surface area contributed by atoms with Crippen LogP contribution in [0, 0.1) is 18.8 Å². The molecule has 2 aromatic carbocycles. The van der Waals surface area contributed by atoms with Crippen LogP contribution in [0.25, 0.3) is 0 Å². The Balaban J connectivity index is 1.60. The van der Waals surface area contributed by atoms with Gasteiger partial charge in [-0.3, -0.25) is 9.59 Å². The van der Waals surface area contributed by atoms with E-state index in [1.807, 2.05) is 67.4 Å². The lowest BCUT2D eigenvalue weighted by molar-refractivity contribution is -0.121. The molecular weight excluding hydrogens is 360 g/mol. The Labute approximate surface area is 173 Å². The zero-order chi connectivity index (χ0) is 20.8. The number of hydrogen-bond donors (Lipinski definition) is 1. The first-order valence-corrected chi connectivity index (χ1v) is 10.2. The van der Waals surface area contributed by atoms with Gasteiger partial charge in [-0.1, -0.05) is 36.5 Å². The van der Waals surface area contributed by atoms with E-state index >= 15 is 0 Å². The maximum absolute atomic E-state index is 12.8. The zero-order valence-electron chi connectivity index (χ0n) is 17.4. The summed E-state index contributed by atoms with van der Waals surface area (Å²) in [5, 5.41) is 3.04. The summed E-state index contributed by atoms with van der Waals surface area (Å²) in [6.07, 6.45) is 3.14. The van der Waals surface area contributed by atoms with Gasteiger partial charge >= 0.3 is 0 Å². The van der Waals surface area contributed by atoms with E-state index in [9.17, 15) is 9.59 Å². The molecule has 150 valence electrons. The number of carbonyl (C=O) groups excluding carboxylic acids is 2. The quantitative estimate of drug-likeness (QED) is 0.807. The van der Waals surface area contributed by atoms with Crippen LogP contribution in [-0.4, -0.2) is 35.8 Å². The highest BCUT2D eigenvalue weighted by atomic mass is 16.2. The first-order chi connectivity index (χ1) is 14.0. The Bertz CT molecular complexity index is 920. The summed E-state index contributed by atoms with van der Waals surface area (Å²) in [7, 11) is 1.85. The first-order valence-electron chi connectivity index (χ1n) is 10.2. The highest BCUT2D eigenvalue weighted by molar-refractivity contribution is 5.94. The van der Waals surface area contributed by atoms with Gasteiger partial charge < -0.3 is 10.2 Å². The highest BCUT2D eigenvalue weighted by Crippen LogP contribution is 2.24. The lowest BCUT2D eigenvalue weighted by Crippen LogP contribution is -2.38. The zero-order valence-corrected chi connectivity index (χ0v) is 17.4. The first kappa shape index (κ1) is 20.7. The van der Waals surface area contributed by atoms with Crippen molar-refractivity contribution in [3.63, 3.8) is 0 Å². The Hall–Kier alpha value is -3.06. The lowest BCUT2D eigenvalue weighted by atomic mass is 10.1. The fraction of sp³-hybridized carbons (Fsp3) is 0.360. The van der Waals surface area contributed by atoms with Crippen LogP contribution >= 0.6 is 0 Å². The molecule has 4 nitrogen and oxygen atoms in total. The number of nitrogens with one attached hydrogen (secondary N) is 1. The second-order valence-electron chi connectivity index (χ2n) is 7.69. The van der Waals surface area contributed by atoms with E-state index in [1.54, 1.807) is 0 Å². The molecule has 0 bridgehead atoms. The number of aryl methyl sites for hydroxylation is 1. The number of benzene rings is 2. The molecule has 4 heteroatoms. The SMILES string of the molecule is CCC(=O)N[C@H]1CC[C@@H](N(C)C(=O)c2ccc(C#Cc3ccc(C)cc3)cc2)C1. The van der Waals surface area contributed by atoms with Crippen molar-refractivity contribution in [2.24, 2.45) is 0 Å². The largest absolute Gasteiger partial charge is 0.353 e. The van der Waals surface area contributed by atoms with Gasteiger partial charge in [0.2, 0.25) is 5.91 Å². The third kappa shape index (κ3) is 5.48. The standard InChI is InChI=1S/C25H28N2O2/c1-4-24(28)26-22-15-16-23(17-22)27(3)25(29)21-13-11-20(12-14-21)10-9-19-7-5-18(2)6-8-19/h5-8,11-14,22-23H,4,15-17H2,1-3H3,(H,26,28)/t22-,23+/m0/s1. The molecule has 0 aliphatic heterocycles. The van der Waals surface area contributed by atoms with Crippen LogP contribution in [-0.2, 0) is 4.79 Å². The molecule has 2 atom stereocenters. The Kier molecular flexibility index (Phi) is 6.72. The average Bonchev–Trinajstić information content (AvgIpc) is 3.21. The summed E-state index contributed by atoms with van der Waals surface area (Å²) in [6, 6.07) is 15.9. The summed E-state index contributed by atoms with van der Waals surface area (Å²) < 4.78 is 0. The summed E-state index contributed by atoms with van der Waals surface area (Å²) in [4.78, 5) is 26.2. The number of hydrogen-bond acceptors (Lipinski definition) is 2. The number of nitrogens with zero attached hydrogens (tertiary/aromatic N) is 1. The van der Waals surface area contributed by atoms with Gasteiger partial charge in [0.1, 0.15) is 0 Å². The average molecular weight is 389 g/mol. The molecule has 2 amide bonds. The van der Waals surface area contributed by atoms with Gasteiger partial charge in [0.05, 0.1) is 0 Å². The molecule has 1 aliphatic carbocycles. The molecule has 3 rings (SSSR count). The van der Waals surface area contributed by atoms with Crippen molar-refractivity contribution in [2.45, 2.75) is 51.6 Å². The maximum Gasteiger partial charge on any atom is 0.253 e. The van der Waals surface area contributed by atoms with Crippen molar-refractivity contribution >= 4 is 11.8 Å². The van der Waals surface area contributed by atoms with Crippen molar-refractivity contribution in [3.8, 4) is 11.8 Å². The van der Waals surface area contributed by atoms with Crippen molar-refractivity contribution < 1.29 is 9.59 Å². The number of rotatable bonds is 4. The smallest absolute Gasteiger partial charge is 0.253 e. The van der Waals surface area contributed by atoms with Crippen LogP contribution in [0.2, 0.25) is 0 Å². The molecule has 1 aliphatic rings. The van der Waals surface area contributed by atoms with Crippen LogP contribution in [0.1, 0.15) is 59.7 Å². The number of carbonyl (C=O) groups is 2. The minimum atomic E-state index is 0.00973. The molecule has 1 fully saturated rings. The Morgan fingerprint density at radius 3 is 2.17 bits per heavy atom. The van der Waals surface area contributed by atoms with Crippen LogP contribution < -0.4 is 5.32 Å². The molecule has 0 heterocycles. The van der Waals surface area contributed by atoms with E-state index in [1.165, 1.54) is 5.56 Å². The van der Waals surface area contributed by atoms with Crippen molar-refractivity contribution in [2.75, 3.05) is 7.05 Å². The minimum absolute atomic E-state index is 0.00973. The molecule has 0 aromatic heterocycles. The molecule has 0 unspecified atom stereocenters. The molecule has 0 saturated heterocycles. The second kappa shape index (κ2) is 9.43. The van der Waals surface area contributed by atoms with Gasteiger partial charge in [-0.2, -0.15) is 0 Å². The topological polar surface area (TPSA) is 49.4 Å². The van der Waals surface area contributed by atoms with Crippen LogP contribution in [0.3, 0.4) is 0 Å². The van der Waals surface area contributed by atoms with Crippen LogP contribution in [0.4, 0.5) is 0 Å². The van der Waals surface area contributed by atoms with Gasteiger partial charge in [0, 0.05) is 42.2 Å². The van der Waals surface area contributed by atoms with E-state index in [-0.39, 0.29) is 23.9 Å². The third-order valence-electron chi connectivity index (χ3n) is 5.49. The van der Waals surface area contributed by atoms with Crippen LogP contribution in [0.15, 0.2) is 48.5 Å². The highest BCUT2D eigenvalue weighted by Gasteiger charge is 2.30. The number of amides is 2. The predicted molar refractivity (Wildman–Crippen MR) is 116 cm³/mol.